The molecule has 0 saturated carbocycles. The fraction of sp³-hybridized carbons (Fsp3) is 0.435. The van der Waals surface area contributed by atoms with Gasteiger partial charge in [-0.3, -0.25) is 4.79 Å². The second-order valence-corrected chi connectivity index (χ2v) is 8.39. The van der Waals surface area contributed by atoms with Gasteiger partial charge in [0.05, 0.1) is 30.1 Å². The summed E-state index contributed by atoms with van der Waals surface area (Å²) in [6.07, 6.45) is 0.813. The molecule has 160 valence electrons. The van der Waals surface area contributed by atoms with E-state index in [0.717, 1.165) is 11.0 Å². The molecule has 1 aromatic carbocycles. The van der Waals surface area contributed by atoms with Gasteiger partial charge in [-0.15, -0.1) is 0 Å². The molecule has 2 aromatic heterocycles. The zero-order valence-electron chi connectivity index (χ0n) is 18.1. The van der Waals surface area contributed by atoms with Crippen molar-refractivity contribution in [3.63, 3.8) is 0 Å². The zero-order chi connectivity index (χ0) is 22.0. The lowest BCUT2D eigenvalue weighted by Crippen LogP contribution is -2.38. The normalized spacial score (nSPS) is 12.7. The lowest BCUT2D eigenvalue weighted by atomic mass is 10.1. The molecule has 1 atom stereocenters. The van der Waals surface area contributed by atoms with E-state index in [-0.39, 0.29) is 30.2 Å². The van der Waals surface area contributed by atoms with Gasteiger partial charge in [0, 0.05) is 18.0 Å². The molecule has 0 aliphatic rings. The van der Waals surface area contributed by atoms with Crippen molar-refractivity contribution in [2.45, 2.75) is 46.8 Å². The third kappa shape index (κ3) is 4.67. The number of hydrogen-bond donors (Lipinski definition) is 1. The minimum Gasteiger partial charge on any atom is -0.387 e. The van der Waals surface area contributed by atoms with Crippen LogP contribution in [-0.2, 0) is 0 Å². The standard InChI is InChI=1S/C23H29FN4O2/c1-14(2)12-27(13-21(29)17-6-8-19(24)9-7-17)23(30)20-10-18-11-25-28(15(3)4)22(18)26-16(20)5/h6-11,14-15,21,29H,12-13H2,1-5H3. The quantitative estimate of drug-likeness (QED) is 0.628. The number of aliphatic hydroxyl groups is 1. The van der Waals surface area contributed by atoms with E-state index in [1.54, 1.807) is 11.1 Å². The highest BCUT2D eigenvalue weighted by molar-refractivity contribution is 5.98. The second kappa shape index (κ2) is 8.92. The molecule has 1 N–H and O–H groups in total. The maximum atomic E-state index is 13.4. The van der Waals surface area contributed by atoms with E-state index in [0.29, 0.717) is 23.4 Å². The first-order chi connectivity index (χ1) is 14.2. The first kappa shape index (κ1) is 21.9. The zero-order valence-corrected chi connectivity index (χ0v) is 18.1. The summed E-state index contributed by atoms with van der Waals surface area (Å²) in [7, 11) is 0. The fourth-order valence-electron chi connectivity index (χ4n) is 3.51. The smallest absolute Gasteiger partial charge is 0.255 e. The molecule has 0 fully saturated rings. The summed E-state index contributed by atoms with van der Waals surface area (Å²) in [5.74, 6) is -0.331. The third-order valence-corrected chi connectivity index (χ3v) is 5.00. The van der Waals surface area contributed by atoms with Crippen LogP contribution in [0.5, 0.6) is 0 Å². The Bertz CT molecular complexity index is 1030. The lowest BCUT2D eigenvalue weighted by molar-refractivity contribution is 0.0593. The molecule has 3 rings (SSSR count). The number of carbonyl (C=O) groups is 1. The van der Waals surface area contributed by atoms with Gasteiger partial charge in [0.15, 0.2) is 5.65 Å². The number of nitrogens with zero attached hydrogens (tertiary/aromatic N) is 4. The lowest BCUT2D eigenvalue weighted by Gasteiger charge is -2.27. The summed E-state index contributed by atoms with van der Waals surface area (Å²) >= 11 is 0. The number of aryl methyl sites for hydroxylation is 1. The summed E-state index contributed by atoms with van der Waals surface area (Å²) in [4.78, 5) is 19.7. The van der Waals surface area contributed by atoms with Crippen LogP contribution in [0.3, 0.4) is 0 Å². The van der Waals surface area contributed by atoms with Gasteiger partial charge in [0.1, 0.15) is 5.82 Å². The van der Waals surface area contributed by atoms with Crippen molar-refractivity contribution >= 4 is 16.9 Å². The van der Waals surface area contributed by atoms with Crippen molar-refractivity contribution in [2.24, 2.45) is 5.92 Å². The Kier molecular flexibility index (Phi) is 6.51. The first-order valence-electron chi connectivity index (χ1n) is 10.2. The molecule has 0 aliphatic carbocycles. The van der Waals surface area contributed by atoms with Gasteiger partial charge in [-0.05, 0) is 50.5 Å². The van der Waals surface area contributed by atoms with Gasteiger partial charge in [-0.2, -0.15) is 5.10 Å². The number of rotatable bonds is 7. The van der Waals surface area contributed by atoms with E-state index in [1.165, 1.54) is 24.3 Å². The Labute approximate surface area is 176 Å². The van der Waals surface area contributed by atoms with E-state index in [4.69, 9.17) is 0 Å². The highest BCUT2D eigenvalue weighted by atomic mass is 19.1. The van der Waals surface area contributed by atoms with Crippen molar-refractivity contribution < 1.29 is 14.3 Å². The van der Waals surface area contributed by atoms with Gasteiger partial charge in [0.25, 0.3) is 5.91 Å². The average Bonchev–Trinajstić information content (AvgIpc) is 3.09. The van der Waals surface area contributed by atoms with E-state index >= 15 is 0 Å². The molecule has 30 heavy (non-hydrogen) atoms. The number of aromatic nitrogens is 3. The summed E-state index contributed by atoms with van der Waals surface area (Å²) in [5, 5.41) is 15.8. The first-order valence-corrected chi connectivity index (χ1v) is 10.2. The Hall–Kier alpha value is -2.80. The largest absolute Gasteiger partial charge is 0.387 e. The SMILES string of the molecule is Cc1nc2c(cnn2C(C)C)cc1C(=O)N(CC(C)C)CC(O)c1ccc(F)cc1. The van der Waals surface area contributed by atoms with E-state index < -0.39 is 6.10 Å². The predicted octanol–water partition coefficient (Wildman–Crippen LogP) is 4.29. The summed E-state index contributed by atoms with van der Waals surface area (Å²) < 4.78 is 15.0. The topological polar surface area (TPSA) is 71.2 Å². The Morgan fingerprint density at radius 3 is 2.43 bits per heavy atom. The molecular weight excluding hydrogens is 383 g/mol. The van der Waals surface area contributed by atoms with Crippen LogP contribution >= 0.6 is 0 Å². The highest BCUT2D eigenvalue weighted by Crippen LogP contribution is 2.22. The third-order valence-electron chi connectivity index (χ3n) is 5.00. The van der Waals surface area contributed by atoms with Crippen molar-refractivity contribution in [3.8, 4) is 0 Å². The monoisotopic (exact) mass is 412 g/mol. The van der Waals surface area contributed by atoms with E-state index in [9.17, 15) is 14.3 Å². The Morgan fingerprint density at radius 2 is 1.83 bits per heavy atom. The molecule has 0 spiro atoms. The molecule has 0 bridgehead atoms. The maximum absolute atomic E-state index is 13.4. The number of pyridine rings is 1. The number of aliphatic hydroxyl groups excluding tert-OH is 1. The van der Waals surface area contributed by atoms with Crippen molar-refractivity contribution in [2.75, 3.05) is 13.1 Å². The van der Waals surface area contributed by atoms with Crippen LogP contribution in [0.25, 0.3) is 11.0 Å². The number of amides is 1. The van der Waals surface area contributed by atoms with Crippen LogP contribution < -0.4 is 0 Å². The van der Waals surface area contributed by atoms with Crippen molar-refractivity contribution in [3.05, 3.63) is 59.2 Å². The van der Waals surface area contributed by atoms with Gasteiger partial charge in [-0.25, -0.2) is 14.1 Å². The molecule has 6 nitrogen and oxygen atoms in total. The van der Waals surface area contributed by atoms with Crippen LogP contribution in [0.4, 0.5) is 4.39 Å². The fourth-order valence-corrected chi connectivity index (χ4v) is 3.51. The number of fused-ring (bicyclic) bond motifs is 1. The van der Waals surface area contributed by atoms with Crippen molar-refractivity contribution in [1.82, 2.24) is 19.7 Å². The Balaban J connectivity index is 1.91. The molecule has 0 aliphatic heterocycles. The van der Waals surface area contributed by atoms with E-state index in [1.807, 2.05) is 45.4 Å². The molecule has 1 amide bonds. The molecule has 3 aromatic rings. The molecule has 2 heterocycles. The predicted molar refractivity (Wildman–Crippen MR) is 115 cm³/mol. The van der Waals surface area contributed by atoms with Gasteiger partial charge < -0.3 is 10.0 Å². The van der Waals surface area contributed by atoms with Gasteiger partial charge in [-0.1, -0.05) is 26.0 Å². The second-order valence-electron chi connectivity index (χ2n) is 8.39. The highest BCUT2D eigenvalue weighted by Gasteiger charge is 2.24. The minimum absolute atomic E-state index is 0.116. The molecule has 1 unspecified atom stereocenters. The molecule has 0 radical (unpaired) electrons. The van der Waals surface area contributed by atoms with Crippen LogP contribution in [0.2, 0.25) is 0 Å². The van der Waals surface area contributed by atoms with Crippen LogP contribution in [0.1, 0.15) is 61.5 Å². The average molecular weight is 413 g/mol. The minimum atomic E-state index is -0.908. The van der Waals surface area contributed by atoms with Crippen LogP contribution in [-0.4, -0.2) is 43.8 Å². The number of halogens is 1. The molecule has 7 heteroatoms. The number of carbonyl (C=O) groups excluding carboxylic acids is 1. The maximum Gasteiger partial charge on any atom is 0.255 e. The number of hydrogen-bond acceptors (Lipinski definition) is 4. The van der Waals surface area contributed by atoms with Crippen LogP contribution in [0.15, 0.2) is 36.5 Å². The summed E-state index contributed by atoms with van der Waals surface area (Å²) in [6, 6.07) is 7.68. The van der Waals surface area contributed by atoms with E-state index in [2.05, 4.69) is 10.1 Å². The summed E-state index contributed by atoms with van der Waals surface area (Å²) in [5.41, 5.74) is 2.44. The summed E-state index contributed by atoms with van der Waals surface area (Å²) in [6.45, 7) is 10.5. The Morgan fingerprint density at radius 1 is 1.17 bits per heavy atom. The van der Waals surface area contributed by atoms with Crippen molar-refractivity contribution in [1.29, 1.82) is 0 Å². The number of benzene rings is 1. The van der Waals surface area contributed by atoms with Gasteiger partial charge >= 0.3 is 0 Å². The molecular formula is C23H29FN4O2. The molecule has 0 saturated heterocycles. The van der Waals surface area contributed by atoms with Gasteiger partial charge in [0.2, 0.25) is 0 Å². The van der Waals surface area contributed by atoms with Crippen LogP contribution in [0, 0.1) is 18.7 Å².